The predicted molar refractivity (Wildman–Crippen MR) is 101 cm³/mol. The Morgan fingerprint density at radius 3 is 2.56 bits per heavy atom. The number of ether oxygens (including phenoxy) is 1. The summed E-state index contributed by atoms with van der Waals surface area (Å²) in [6.45, 7) is 10.4. The first kappa shape index (κ1) is 17.2. The first-order valence-corrected chi connectivity index (χ1v) is 8.52. The number of aromatic amines is 1. The van der Waals surface area contributed by atoms with Gasteiger partial charge in [-0.3, -0.25) is 19.5 Å². The van der Waals surface area contributed by atoms with E-state index < -0.39 is 0 Å². The summed E-state index contributed by atoms with van der Waals surface area (Å²) in [5, 5.41) is 3.15. The summed E-state index contributed by atoms with van der Waals surface area (Å²) >= 11 is 0. The third-order valence-electron chi connectivity index (χ3n) is 4.24. The van der Waals surface area contributed by atoms with Gasteiger partial charge in [0.2, 0.25) is 5.88 Å². The number of nitrogens with one attached hydrogen (secondary N) is 1. The topological polar surface area (TPSA) is 50.3 Å². The van der Waals surface area contributed by atoms with Gasteiger partial charge >= 0.3 is 0 Å². The first-order chi connectivity index (χ1) is 11.7. The number of rotatable bonds is 2. The van der Waals surface area contributed by atoms with Crippen LogP contribution in [0.5, 0.6) is 5.75 Å². The number of benzene rings is 1. The van der Waals surface area contributed by atoms with Crippen molar-refractivity contribution in [1.82, 2.24) is 9.78 Å². The van der Waals surface area contributed by atoms with Crippen molar-refractivity contribution in [3.05, 3.63) is 57.5 Å². The first-order valence-electron chi connectivity index (χ1n) is 8.52. The lowest BCUT2D eigenvalue weighted by Gasteiger charge is -2.21. The highest BCUT2D eigenvalue weighted by Gasteiger charge is 2.28. The Bertz CT molecular complexity index is 919. The second kappa shape index (κ2) is 6.01. The number of aryl methyl sites for hydroxylation is 1. The Balaban J connectivity index is 2.12. The largest absolute Gasteiger partial charge is 0.432 e. The summed E-state index contributed by atoms with van der Waals surface area (Å²) in [5.41, 5.74) is 5.49. The molecule has 0 fully saturated rings. The van der Waals surface area contributed by atoms with Gasteiger partial charge in [-0.05, 0) is 26.0 Å². The maximum absolute atomic E-state index is 12.5. The van der Waals surface area contributed by atoms with Crippen molar-refractivity contribution in [1.29, 1.82) is 0 Å². The van der Waals surface area contributed by atoms with E-state index in [-0.39, 0.29) is 17.0 Å². The number of aromatic nitrogens is 2. The lowest BCUT2D eigenvalue weighted by Crippen LogP contribution is -2.27. The van der Waals surface area contributed by atoms with Crippen LogP contribution >= 0.6 is 0 Å². The van der Waals surface area contributed by atoms with Crippen molar-refractivity contribution in [3.63, 3.8) is 0 Å². The minimum absolute atomic E-state index is 0.0652. The molecular formula is C20H25N3O2. The molecular weight excluding hydrogens is 314 g/mol. The van der Waals surface area contributed by atoms with Gasteiger partial charge < -0.3 is 4.74 Å². The second-order valence-corrected chi connectivity index (χ2v) is 7.64. The second-order valence-electron chi connectivity index (χ2n) is 7.64. The maximum atomic E-state index is 12.5. The minimum Gasteiger partial charge on any atom is -0.432 e. The lowest BCUT2D eigenvalue weighted by atomic mass is 9.89. The molecule has 2 aromatic rings. The van der Waals surface area contributed by atoms with Gasteiger partial charge in [-0.2, -0.15) is 0 Å². The fraction of sp³-hybridized carbons (Fsp3) is 0.400. The van der Waals surface area contributed by atoms with E-state index in [4.69, 9.17) is 4.74 Å². The van der Waals surface area contributed by atoms with Crippen LogP contribution in [-0.2, 0) is 12.5 Å². The average molecular weight is 339 g/mol. The Morgan fingerprint density at radius 1 is 1.24 bits per heavy atom. The average Bonchev–Trinajstić information content (AvgIpc) is 3.03. The summed E-state index contributed by atoms with van der Waals surface area (Å²) in [7, 11) is 1.73. The standard InChI is InChI=1S/C20H25N3O2/c1-13(2)23-15-9-7-8-10-16(15)25-17(23)12-11-14-18(20(3,4)5)21-22(6)19(14)24/h7-11,13,21H,1-6H3. The van der Waals surface area contributed by atoms with Crippen LogP contribution in [-0.4, -0.2) is 15.8 Å². The van der Waals surface area contributed by atoms with E-state index in [1.807, 2.05) is 24.3 Å². The molecule has 0 bridgehead atoms. The lowest BCUT2D eigenvalue weighted by molar-refractivity contribution is 0.433. The molecule has 5 nitrogen and oxygen atoms in total. The zero-order valence-electron chi connectivity index (χ0n) is 15.7. The van der Waals surface area contributed by atoms with Gasteiger partial charge in [-0.15, -0.1) is 0 Å². The number of anilines is 1. The van der Waals surface area contributed by atoms with E-state index in [1.54, 1.807) is 13.1 Å². The van der Waals surface area contributed by atoms with Crippen LogP contribution in [0.4, 0.5) is 5.69 Å². The van der Waals surface area contributed by atoms with Crippen LogP contribution in [0.15, 0.2) is 40.7 Å². The number of para-hydroxylation sites is 2. The van der Waals surface area contributed by atoms with E-state index in [9.17, 15) is 4.79 Å². The van der Waals surface area contributed by atoms with Crippen molar-refractivity contribution in [2.45, 2.75) is 46.1 Å². The van der Waals surface area contributed by atoms with Gasteiger partial charge in [-0.25, -0.2) is 0 Å². The number of H-pyrrole nitrogens is 1. The SMILES string of the molecule is CC(C)N1C(=C=Cc2c(C(C)(C)C)[nH]n(C)c2=O)Oc2ccccc21. The number of hydrogen-bond donors (Lipinski definition) is 1. The van der Waals surface area contributed by atoms with E-state index in [2.05, 4.69) is 50.3 Å². The fourth-order valence-electron chi connectivity index (χ4n) is 3.02. The van der Waals surface area contributed by atoms with Gasteiger partial charge in [0.25, 0.3) is 5.56 Å². The molecule has 1 aromatic carbocycles. The van der Waals surface area contributed by atoms with Crippen LogP contribution in [0.1, 0.15) is 45.9 Å². The molecule has 1 aliphatic rings. The van der Waals surface area contributed by atoms with Gasteiger partial charge in [0.1, 0.15) is 0 Å². The van der Waals surface area contributed by atoms with Gasteiger partial charge in [0, 0.05) is 24.6 Å². The summed E-state index contributed by atoms with van der Waals surface area (Å²) in [6.07, 6.45) is 1.73. The Kier molecular flexibility index (Phi) is 4.13. The van der Waals surface area contributed by atoms with Crippen molar-refractivity contribution >= 4 is 11.8 Å². The van der Waals surface area contributed by atoms with Crippen LogP contribution in [0.25, 0.3) is 6.08 Å². The zero-order valence-corrected chi connectivity index (χ0v) is 15.7. The maximum Gasteiger partial charge on any atom is 0.274 e. The Hall–Kier alpha value is -2.65. The van der Waals surface area contributed by atoms with Gasteiger partial charge in [-0.1, -0.05) is 38.6 Å². The third-order valence-corrected chi connectivity index (χ3v) is 4.24. The highest BCUT2D eigenvalue weighted by atomic mass is 16.5. The molecule has 1 N–H and O–H groups in total. The number of fused-ring (bicyclic) bond motifs is 1. The molecule has 132 valence electrons. The molecule has 1 aromatic heterocycles. The molecule has 0 unspecified atom stereocenters. The quantitative estimate of drug-likeness (QED) is 0.847. The number of nitrogens with zero attached hydrogens (tertiary/aromatic N) is 2. The smallest absolute Gasteiger partial charge is 0.274 e. The molecule has 3 rings (SSSR count). The van der Waals surface area contributed by atoms with E-state index in [0.717, 1.165) is 17.1 Å². The highest BCUT2D eigenvalue weighted by Crippen LogP contribution is 2.39. The zero-order chi connectivity index (χ0) is 18.4. The van der Waals surface area contributed by atoms with Crippen LogP contribution in [0.2, 0.25) is 0 Å². The van der Waals surface area contributed by atoms with E-state index in [0.29, 0.717) is 11.4 Å². The fourth-order valence-corrected chi connectivity index (χ4v) is 3.02. The molecule has 0 aliphatic carbocycles. The summed E-state index contributed by atoms with van der Waals surface area (Å²) < 4.78 is 7.46. The third kappa shape index (κ3) is 3.03. The molecule has 0 atom stereocenters. The predicted octanol–water partition coefficient (Wildman–Crippen LogP) is 3.77. The Morgan fingerprint density at radius 2 is 1.92 bits per heavy atom. The molecule has 1 aliphatic heterocycles. The van der Waals surface area contributed by atoms with Crippen LogP contribution < -0.4 is 15.2 Å². The minimum atomic E-state index is -0.171. The van der Waals surface area contributed by atoms with Crippen molar-refractivity contribution in [2.75, 3.05) is 4.90 Å². The van der Waals surface area contributed by atoms with E-state index >= 15 is 0 Å². The molecule has 0 spiro atoms. The van der Waals surface area contributed by atoms with Crippen molar-refractivity contribution in [2.24, 2.45) is 7.05 Å². The van der Waals surface area contributed by atoms with Crippen LogP contribution in [0.3, 0.4) is 0 Å². The van der Waals surface area contributed by atoms with Crippen LogP contribution in [0, 0.1) is 0 Å². The molecule has 2 heterocycles. The molecule has 25 heavy (non-hydrogen) atoms. The highest BCUT2D eigenvalue weighted by molar-refractivity contribution is 5.67. The molecule has 0 saturated heterocycles. The molecule has 0 saturated carbocycles. The van der Waals surface area contributed by atoms with Crippen molar-refractivity contribution in [3.8, 4) is 5.75 Å². The summed E-state index contributed by atoms with van der Waals surface area (Å²) in [5.74, 6) is 1.42. The van der Waals surface area contributed by atoms with Gasteiger partial charge in [0.05, 0.1) is 16.9 Å². The van der Waals surface area contributed by atoms with Crippen molar-refractivity contribution < 1.29 is 4.74 Å². The molecule has 5 heteroatoms. The molecule has 0 amide bonds. The number of hydrogen-bond acceptors (Lipinski definition) is 3. The summed E-state index contributed by atoms with van der Waals surface area (Å²) in [4.78, 5) is 14.6. The van der Waals surface area contributed by atoms with Gasteiger partial charge in [0.15, 0.2) is 5.75 Å². The normalized spacial score (nSPS) is 13.7. The van der Waals surface area contributed by atoms with E-state index in [1.165, 1.54) is 4.68 Å². The Labute approximate surface area is 148 Å². The molecule has 0 radical (unpaired) electrons. The summed E-state index contributed by atoms with van der Waals surface area (Å²) in [6, 6.07) is 8.12. The monoisotopic (exact) mass is 339 g/mol.